The summed E-state index contributed by atoms with van der Waals surface area (Å²) < 4.78 is 5.76. The maximum atomic E-state index is 9.44. The lowest BCUT2D eigenvalue weighted by atomic mass is 9.75. The quantitative estimate of drug-likeness (QED) is 0.694. The number of hydrogen-bond acceptors (Lipinski definition) is 3. The molecule has 0 aliphatic carbocycles. The van der Waals surface area contributed by atoms with Crippen molar-refractivity contribution in [3.63, 3.8) is 0 Å². The number of aliphatic hydroxyl groups excluding tert-OH is 1. The second kappa shape index (κ2) is 3.56. The van der Waals surface area contributed by atoms with Crippen molar-refractivity contribution in [3.05, 3.63) is 0 Å². The Labute approximate surface area is 79.7 Å². The third-order valence-corrected chi connectivity index (χ3v) is 3.52. The number of rotatable bonds is 3. The highest BCUT2D eigenvalue weighted by atomic mass is 16.5. The first-order valence-electron chi connectivity index (χ1n) is 5.28. The highest BCUT2D eigenvalue weighted by Gasteiger charge is 2.46. The first-order valence-corrected chi connectivity index (χ1v) is 5.28. The molecule has 1 N–H and O–H groups in total. The molecular formula is C10H19NO2. The minimum absolute atomic E-state index is 0.183. The first-order chi connectivity index (χ1) is 6.30. The van der Waals surface area contributed by atoms with Gasteiger partial charge in [0.05, 0.1) is 6.61 Å². The average Bonchev–Trinajstić information content (AvgIpc) is 2.20. The zero-order chi connectivity index (χ0) is 9.31. The van der Waals surface area contributed by atoms with E-state index < -0.39 is 0 Å². The van der Waals surface area contributed by atoms with Gasteiger partial charge in [0.25, 0.3) is 0 Å². The molecule has 3 saturated heterocycles. The highest BCUT2D eigenvalue weighted by Crippen LogP contribution is 2.37. The summed E-state index contributed by atoms with van der Waals surface area (Å²) in [5.41, 5.74) is -0.231. The molecule has 0 saturated carbocycles. The van der Waals surface area contributed by atoms with Gasteiger partial charge in [-0.05, 0) is 38.8 Å². The van der Waals surface area contributed by atoms with Crippen LogP contribution in [0.4, 0.5) is 0 Å². The van der Waals surface area contributed by atoms with Crippen molar-refractivity contribution in [1.82, 2.24) is 4.90 Å². The van der Waals surface area contributed by atoms with Crippen molar-refractivity contribution in [2.24, 2.45) is 5.92 Å². The van der Waals surface area contributed by atoms with Gasteiger partial charge in [0, 0.05) is 13.2 Å². The molecule has 3 aliphatic heterocycles. The van der Waals surface area contributed by atoms with E-state index in [-0.39, 0.29) is 12.2 Å². The van der Waals surface area contributed by atoms with Gasteiger partial charge in [0.15, 0.2) is 0 Å². The van der Waals surface area contributed by atoms with Crippen LogP contribution in [0.2, 0.25) is 0 Å². The molecule has 3 heteroatoms. The van der Waals surface area contributed by atoms with Gasteiger partial charge in [0.1, 0.15) is 5.60 Å². The third kappa shape index (κ3) is 1.49. The van der Waals surface area contributed by atoms with E-state index in [1.165, 1.54) is 25.9 Å². The highest BCUT2D eigenvalue weighted by molar-refractivity contribution is 4.99. The lowest BCUT2D eigenvalue weighted by Crippen LogP contribution is -2.62. The molecule has 3 rings (SSSR count). The monoisotopic (exact) mass is 185 g/mol. The molecule has 13 heavy (non-hydrogen) atoms. The summed E-state index contributed by atoms with van der Waals surface area (Å²) in [6.07, 6.45) is 2.39. The van der Waals surface area contributed by atoms with Crippen LogP contribution in [0.1, 0.15) is 19.8 Å². The summed E-state index contributed by atoms with van der Waals surface area (Å²) in [7, 11) is 0. The van der Waals surface area contributed by atoms with E-state index in [0.717, 1.165) is 6.54 Å². The van der Waals surface area contributed by atoms with Crippen LogP contribution in [0.25, 0.3) is 0 Å². The third-order valence-electron chi connectivity index (χ3n) is 3.52. The van der Waals surface area contributed by atoms with Crippen molar-refractivity contribution in [3.8, 4) is 0 Å². The number of hydrogen-bond donors (Lipinski definition) is 1. The van der Waals surface area contributed by atoms with Gasteiger partial charge in [0.2, 0.25) is 0 Å². The summed E-state index contributed by atoms with van der Waals surface area (Å²) in [4.78, 5) is 2.41. The molecule has 0 amide bonds. The van der Waals surface area contributed by atoms with Gasteiger partial charge in [-0.2, -0.15) is 0 Å². The minimum atomic E-state index is -0.231. The Morgan fingerprint density at radius 2 is 2.15 bits per heavy atom. The van der Waals surface area contributed by atoms with E-state index in [2.05, 4.69) is 4.90 Å². The molecular weight excluding hydrogens is 166 g/mol. The lowest BCUT2D eigenvalue weighted by molar-refractivity contribution is -0.170. The van der Waals surface area contributed by atoms with Crippen LogP contribution in [0.3, 0.4) is 0 Å². The smallest absolute Gasteiger partial charge is 0.107 e. The fraction of sp³-hybridized carbons (Fsp3) is 1.00. The number of nitrogens with zero attached hydrogens (tertiary/aromatic N) is 1. The van der Waals surface area contributed by atoms with Crippen molar-refractivity contribution >= 4 is 0 Å². The number of ether oxygens (including phenoxy) is 1. The van der Waals surface area contributed by atoms with E-state index in [1.54, 1.807) is 0 Å². The van der Waals surface area contributed by atoms with Crippen molar-refractivity contribution in [1.29, 1.82) is 0 Å². The zero-order valence-corrected chi connectivity index (χ0v) is 8.33. The van der Waals surface area contributed by atoms with Crippen molar-refractivity contribution in [2.45, 2.75) is 25.4 Å². The van der Waals surface area contributed by atoms with E-state index in [0.29, 0.717) is 12.5 Å². The van der Waals surface area contributed by atoms with Crippen LogP contribution >= 0.6 is 0 Å². The van der Waals surface area contributed by atoms with Crippen LogP contribution in [0.15, 0.2) is 0 Å². The van der Waals surface area contributed by atoms with Gasteiger partial charge >= 0.3 is 0 Å². The van der Waals surface area contributed by atoms with Crippen LogP contribution in [-0.4, -0.2) is 48.5 Å². The van der Waals surface area contributed by atoms with Crippen molar-refractivity contribution in [2.75, 3.05) is 32.8 Å². The average molecular weight is 185 g/mol. The van der Waals surface area contributed by atoms with E-state index in [1.807, 2.05) is 6.92 Å². The molecule has 3 heterocycles. The SMILES string of the molecule is CCOC1(CO)CN2CCC1CC2. The fourth-order valence-electron chi connectivity index (χ4n) is 2.80. The van der Waals surface area contributed by atoms with Crippen LogP contribution in [0.5, 0.6) is 0 Å². The Hall–Kier alpha value is -0.120. The molecule has 0 aromatic heterocycles. The molecule has 3 nitrogen and oxygen atoms in total. The summed E-state index contributed by atoms with van der Waals surface area (Å²) in [6, 6.07) is 0. The van der Waals surface area contributed by atoms with E-state index in [9.17, 15) is 5.11 Å². The van der Waals surface area contributed by atoms with Gasteiger partial charge in [-0.25, -0.2) is 0 Å². The van der Waals surface area contributed by atoms with Gasteiger partial charge in [-0.15, -0.1) is 0 Å². The Bertz CT molecular complexity index is 178. The van der Waals surface area contributed by atoms with Crippen LogP contribution in [-0.2, 0) is 4.74 Å². The molecule has 3 aliphatic rings. The molecule has 0 aromatic carbocycles. The largest absolute Gasteiger partial charge is 0.393 e. The summed E-state index contributed by atoms with van der Waals surface area (Å²) in [6.45, 7) is 6.23. The van der Waals surface area contributed by atoms with Crippen LogP contribution < -0.4 is 0 Å². The molecule has 76 valence electrons. The fourth-order valence-corrected chi connectivity index (χ4v) is 2.80. The van der Waals surface area contributed by atoms with Gasteiger partial charge in [-0.3, -0.25) is 0 Å². The topological polar surface area (TPSA) is 32.7 Å². The first kappa shape index (κ1) is 9.44. The Morgan fingerprint density at radius 3 is 2.54 bits per heavy atom. The number of piperidine rings is 3. The Kier molecular flexibility index (Phi) is 2.58. The molecule has 3 fully saturated rings. The molecule has 0 spiro atoms. The van der Waals surface area contributed by atoms with E-state index >= 15 is 0 Å². The molecule has 0 radical (unpaired) electrons. The zero-order valence-electron chi connectivity index (χ0n) is 8.33. The molecule has 1 unspecified atom stereocenters. The van der Waals surface area contributed by atoms with Crippen LogP contribution in [0, 0.1) is 5.92 Å². The Morgan fingerprint density at radius 1 is 1.46 bits per heavy atom. The summed E-state index contributed by atoms with van der Waals surface area (Å²) in [5.74, 6) is 0.586. The standard InChI is InChI=1S/C10H19NO2/c1-2-13-10(8-12)7-11-5-3-9(10)4-6-11/h9,12H,2-8H2,1H3. The molecule has 0 aromatic rings. The maximum Gasteiger partial charge on any atom is 0.107 e. The minimum Gasteiger partial charge on any atom is -0.393 e. The Balaban J connectivity index is 2.10. The maximum absolute atomic E-state index is 9.44. The second-order valence-corrected chi connectivity index (χ2v) is 4.21. The summed E-state index contributed by atoms with van der Waals surface area (Å²) in [5, 5.41) is 9.44. The normalized spacial score (nSPS) is 43.8. The number of fused-ring (bicyclic) bond motifs is 3. The number of aliphatic hydroxyl groups is 1. The van der Waals surface area contributed by atoms with E-state index in [4.69, 9.17) is 4.74 Å². The second-order valence-electron chi connectivity index (χ2n) is 4.21. The predicted molar refractivity (Wildman–Crippen MR) is 50.6 cm³/mol. The summed E-state index contributed by atoms with van der Waals surface area (Å²) >= 11 is 0. The van der Waals surface area contributed by atoms with Crippen molar-refractivity contribution < 1.29 is 9.84 Å². The van der Waals surface area contributed by atoms with Gasteiger partial charge < -0.3 is 14.7 Å². The van der Waals surface area contributed by atoms with Gasteiger partial charge in [-0.1, -0.05) is 0 Å². The predicted octanol–water partition coefficient (Wildman–Crippen LogP) is 0.480. The lowest BCUT2D eigenvalue weighted by Gasteiger charge is -2.52. The molecule has 2 bridgehead atoms. The molecule has 1 atom stereocenters.